The van der Waals surface area contributed by atoms with E-state index in [4.69, 9.17) is 0 Å². The van der Waals surface area contributed by atoms with Crippen LogP contribution >= 0.6 is 0 Å². The van der Waals surface area contributed by atoms with Crippen LogP contribution in [0, 0.1) is 11.6 Å². The molecule has 0 aliphatic rings. The Morgan fingerprint density at radius 1 is 0.952 bits per heavy atom. The topological polar surface area (TPSA) is 58.2 Å². The van der Waals surface area contributed by atoms with E-state index in [9.17, 15) is 17.2 Å². The second-order valence-corrected chi connectivity index (χ2v) is 6.30. The molecule has 0 saturated heterocycles. The summed E-state index contributed by atoms with van der Waals surface area (Å²) in [6.07, 6.45) is 1.07. The Bertz CT molecular complexity index is 731. The van der Waals surface area contributed by atoms with Crippen molar-refractivity contribution >= 4 is 21.4 Å². The van der Waals surface area contributed by atoms with Crippen molar-refractivity contribution in [2.75, 3.05) is 16.3 Å². The zero-order valence-electron chi connectivity index (χ0n) is 11.2. The summed E-state index contributed by atoms with van der Waals surface area (Å²) >= 11 is 0. The molecule has 2 N–H and O–H groups in total. The van der Waals surface area contributed by atoms with Crippen LogP contribution in [0.1, 0.15) is 5.56 Å². The number of hydrogen-bond donors (Lipinski definition) is 2. The number of halogens is 2. The van der Waals surface area contributed by atoms with E-state index in [1.807, 2.05) is 0 Å². The van der Waals surface area contributed by atoms with Gasteiger partial charge in [0.2, 0.25) is 10.0 Å². The van der Waals surface area contributed by atoms with Gasteiger partial charge in [-0.1, -0.05) is 6.07 Å². The molecule has 2 rings (SSSR count). The van der Waals surface area contributed by atoms with Crippen LogP contribution in [0.5, 0.6) is 0 Å². The Balaban J connectivity index is 1.99. The molecule has 2 aromatic carbocycles. The fourth-order valence-electron chi connectivity index (χ4n) is 1.72. The Labute approximate surface area is 121 Å². The zero-order valence-corrected chi connectivity index (χ0v) is 12.0. The number of rotatable bonds is 5. The minimum absolute atomic E-state index is 0.329. The monoisotopic (exact) mass is 312 g/mol. The van der Waals surface area contributed by atoms with Gasteiger partial charge in [0.15, 0.2) is 11.6 Å². The van der Waals surface area contributed by atoms with Crippen LogP contribution < -0.4 is 10.0 Å². The summed E-state index contributed by atoms with van der Waals surface area (Å²) < 4.78 is 50.3. The van der Waals surface area contributed by atoms with Gasteiger partial charge in [-0.2, -0.15) is 0 Å². The minimum Gasteiger partial charge on any atom is -0.381 e. The zero-order chi connectivity index (χ0) is 15.5. The molecule has 0 aromatic heterocycles. The lowest BCUT2D eigenvalue weighted by Gasteiger charge is -2.08. The molecule has 0 aliphatic heterocycles. The maximum Gasteiger partial charge on any atom is 0.229 e. The van der Waals surface area contributed by atoms with Gasteiger partial charge in [-0.25, -0.2) is 17.2 Å². The van der Waals surface area contributed by atoms with Gasteiger partial charge in [0.25, 0.3) is 0 Å². The normalized spacial score (nSPS) is 11.2. The molecule has 0 bridgehead atoms. The number of nitrogens with one attached hydrogen (secondary N) is 2. The summed E-state index contributed by atoms with van der Waals surface area (Å²) in [6.45, 7) is 0.329. The SMILES string of the molecule is CS(=O)(=O)Nc1ccc(NCc2ccc(F)c(F)c2)cc1. The van der Waals surface area contributed by atoms with Gasteiger partial charge < -0.3 is 5.32 Å². The van der Waals surface area contributed by atoms with Crippen molar-refractivity contribution < 1.29 is 17.2 Å². The Hall–Kier alpha value is -2.15. The van der Waals surface area contributed by atoms with E-state index in [0.717, 1.165) is 24.1 Å². The van der Waals surface area contributed by atoms with Gasteiger partial charge in [-0.15, -0.1) is 0 Å². The maximum atomic E-state index is 13.0. The van der Waals surface area contributed by atoms with E-state index in [1.54, 1.807) is 24.3 Å². The average molecular weight is 312 g/mol. The van der Waals surface area contributed by atoms with Gasteiger partial charge in [0.05, 0.1) is 6.26 Å². The second-order valence-electron chi connectivity index (χ2n) is 4.55. The molecule has 0 atom stereocenters. The lowest BCUT2D eigenvalue weighted by molar-refractivity contribution is 0.507. The molecule has 0 aliphatic carbocycles. The Morgan fingerprint density at radius 3 is 2.14 bits per heavy atom. The highest BCUT2D eigenvalue weighted by Crippen LogP contribution is 2.16. The van der Waals surface area contributed by atoms with E-state index >= 15 is 0 Å². The van der Waals surface area contributed by atoms with Crippen molar-refractivity contribution in [1.82, 2.24) is 0 Å². The van der Waals surface area contributed by atoms with E-state index in [-0.39, 0.29) is 0 Å². The largest absolute Gasteiger partial charge is 0.381 e. The molecule has 0 saturated carbocycles. The first-order valence-electron chi connectivity index (χ1n) is 6.09. The minimum atomic E-state index is -3.30. The molecule has 0 spiro atoms. The smallest absolute Gasteiger partial charge is 0.229 e. The summed E-state index contributed by atoms with van der Waals surface area (Å²) in [6, 6.07) is 10.3. The molecule has 0 unspecified atom stereocenters. The summed E-state index contributed by atoms with van der Waals surface area (Å²) in [7, 11) is -3.30. The third-order valence-corrected chi connectivity index (χ3v) is 3.28. The fraction of sp³-hybridized carbons (Fsp3) is 0.143. The highest BCUT2D eigenvalue weighted by Gasteiger charge is 2.03. The van der Waals surface area contributed by atoms with Crippen molar-refractivity contribution in [3.8, 4) is 0 Å². The van der Waals surface area contributed by atoms with Crippen molar-refractivity contribution in [3.05, 3.63) is 59.7 Å². The van der Waals surface area contributed by atoms with E-state index in [0.29, 0.717) is 17.8 Å². The molecule has 7 heteroatoms. The molecule has 21 heavy (non-hydrogen) atoms. The van der Waals surface area contributed by atoms with Crippen molar-refractivity contribution in [2.24, 2.45) is 0 Å². The maximum absolute atomic E-state index is 13.0. The summed E-state index contributed by atoms with van der Waals surface area (Å²) in [5.41, 5.74) is 1.79. The standard InChI is InChI=1S/C14H14F2N2O2S/c1-21(19,20)18-12-5-3-11(4-6-12)17-9-10-2-7-13(15)14(16)8-10/h2-8,17-18H,9H2,1H3. The van der Waals surface area contributed by atoms with E-state index in [1.165, 1.54) is 6.07 Å². The van der Waals surface area contributed by atoms with Gasteiger partial charge in [-0.05, 0) is 42.0 Å². The third-order valence-electron chi connectivity index (χ3n) is 2.67. The lowest BCUT2D eigenvalue weighted by Crippen LogP contribution is -2.09. The van der Waals surface area contributed by atoms with Gasteiger partial charge >= 0.3 is 0 Å². The van der Waals surface area contributed by atoms with E-state index < -0.39 is 21.7 Å². The number of benzene rings is 2. The van der Waals surface area contributed by atoms with Crippen LogP contribution in [0.15, 0.2) is 42.5 Å². The predicted molar refractivity (Wildman–Crippen MR) is 78.6 cm³/mol. The van der Waals surface area contributed by atoms with Crippen LogP contribution in [-0.4, -0.2) is 14.7 Å². The first-order valence-corrected chi connectivity index (χ1v) is 7.98. The van der Waals surface area contributed by atoms with Crippen LogP contribution in [0.2, 0.25) is 0 Å². The van der Waals surface area contributed by atoms with Crippen molar-refractivity contribution in [1.29, 1.82) is 0 Å². The van der Waals surface area contributed by atoms with Crippen LogP contribution in [-0.2, 0) is 16.6 Å². The molecule has 0 fully saturated rings. The third kappa shape index (κ3) is 4.71. The summed E-state index contributed by atoms with van der Waals surface area (Å²) in [4.78, 5) is 0. The molecule has 0 radical (unpaired) electrons. The van der Waals surface area contributed by atoms with Crippen molar-refractivity contribution in [3.63, 3.8) is 0 Å². The first kappa shape index (κ1) is 15.2. The molecular formula is C14H14F2N2O2S. The highest BCUT2D eigenvalue weighted by molar-refractivity contribution is 7.92. The molecule has 0 amide bonds. The van der Waals surface area contributed by atoms with Crippen LogP contribution in [0.3, 0.4) is 0 Å². The van der Waals surface area contributed by atoms with Crippen LogP contribution in [0.25, 0.3) is 0 Å². The number of anilines is 2. The Morgan fingerprint density at radius 2 is 1.57 bits per heavy atom. The number of hydrogen-bond acceptors (Lipinski definition) is 3. The van der Waals surface area contributed by atoms with Crippen molar-refractivity contribution in [2.45, 2.75) is 6.54 Å². The highest BCUT2D eigenvalue weighted by atomic mass is 32.2. The molecule has 4 nitrogen and oxygen atoms in total. The molecule has 2 aromatic rings. The number of sulfonamides is 1. The molecule has 0 heterocycles. The fourth-order valence-corrected chi connectivity index (χ4v) is 2.29. The Kier molecular flexibility index (Phi) is 4.42. The van der Waals surface area contributed by atoms with E-state index in [2.05, 4.69) is 10.0 Å². The second kappa shape index (κ2) is 6.09. The quantitative estimate of drug-likeness (QED) is 0.892. The van der Waals surface area contributed by atoms with Gasteiger partial charge in [0, 0.05) is 17.9 Å². The van der Waals surface area contributed by atoms with Gasteiger partial charge in [0.1, 0.15) is 0 Å². The first-order chi connectivity index (χ1) is 9.83. The van der Waals surface area contributed by atoms with Gasteiger partial charge in [-0.3, -0.25) is 4.72 Å². The van der Waals surface area contributed by atoms with Crippen LogP contribution in [0.4, 0.5) is 20.2 Å². The summed E-state index contributed by atoms with van der Waals surface area (Å²) in [5, 5.41) is 3.03. The molecular weight excluding hydrogens is 298 g/mol. The summed E-state index contributed by atoms with van der Waals surface area (Å²) in [5.74, 6) is -1.77. The molecule has 112 valence electrons. The lowest BCUT2D eigenvalue weighted by atomic mass is 10.2. The average Bonchev–Trinajstić information content (AvgIpc) is 2.40. The predicted octanol–water partition coefficient (Wildman–Crippen LogP) is 2.95.